The lowest BCUT2D eigenvalue weighted by Gasteiger charge is -2.10. The number of carboxylic acid groups (broad SMARTS) is 1. The molecule has 1 aromatic carbocycles. The van der Waals surface area contributed by atoms with Crippen LogP contribution in [0, 0.1) is 0 Å². The summed E-state index contributed by atoms with van der Waals surface area (Å²) in [6.45, 7) is 1.30. The van der Waals surface area contributed by atoms with Crippen LogP contribution in [0.25, 0.3) is 0 Å². The van der Waals surface area contributed by atoms with E-state index in [1.54, 1.807) is 0 Å². The van der Waals surface area contributed by atoms with E-state index in [-0.39, 0.29) is 6.29 Å². The van der Waals surface area contributed by atoms with Gasteiger partial charge in [0.15, 0.2) is 6.29 Å². The second-order valence-electron chi connectivity index (χ2n) is 4.34. The van der Waals surface area contributed by atoms with Crippen molar-refractivity contribution in [3.05, 3.63) is 35.4 Å². The van der Waals surface area contributed by atoms with Gasteiger partial charge in [-0.25, -0.2) is 0 Å². The maximum atomic E-state index is 10.6. The zero-order valence-electron chi connectivity index (χ0n) is 10.0. The smallest absolute Gasteiger partial charge is 0.320 e. The molecule has 5 nitrogen and oxygen atoms in total. The van der Waals surface area contributed by atoms with Gasteiger partial charge in [-0.2, -0.15) is 0 Å². The number of ether oxygens (including phenoxy) is 2. The molecule has 0 saturated carbocycles. The molecule has 0 unspecified atom stereocenters. The summed E-state index contributed by atoms with van der Waals surface area (Å²) in [6, 6.07) is 6.85. The number of benzene rings is 1. The topological polar surface area (TPSA) is 81.8 Å². The van der Waals surface area contributed by atoms with E-state index in [0.29, 0.717) is 26.1 Å². The largest absolute Gasteiger partial charge is 0.480 e. The molecule has 98 valence electrons. The fraction of sp³-hybridized carbons (Fsp3) is 0.462. The first-order valence-electron chi connectivity index (χ1n) is 5.94. The van der Waals surface area contributed by atoms with Crippen LogP contribution in [0.1, 0.15) is 11.1 Å². The van der Waals surface area contributed by atoms with Gasteiger partial charge in [-0.05, 0) is 17.5 Å². The summed E-state index contributed by atoms with van der Waals surface area (Å²) in [4.78, 5) is 10.6. The first kappa shape index (κ1) is 13.0. The second-order valence-corrected chi connectivity index (χ2v) is 4.34. The summed E-state index contributed by atoms with van der Waals surface area (Å²) in [5, 5.41) is 8.73. The number of hydrogen-bond acceptors (Lipinski definition) is 4. The molecule has 1 heterocycles. The van der Waals surface area contributed by atoms with Gasteiger partial charge in [-0.1, -0.05) is 24.3 Å². The third-order valence-corrected chi connectivity index (χ3v) is 2.89. The lowest BCUT2D eigenvalue weighted by Crippen LogP contribution is -2.32. The van der Waals surface area contributed by atoms with Crippen LogP contribution >= 0.6 is 0 Å². The molecule has 1 aromatic rings. The Hall–Kier alpha value is -1.43. The SMILES string of the molecule is N[C@@H](Cc1ccc(CC2OCCO2)cc1)C(=O)O. The van der Waals surface area contributed by atoms with Crippen LogP contribution in [0.3, 0.4) is 0 Å². The summed E-state index contributed by atoms with van der Waals surface area (Å²) >= 11 is 0. The first-order valence-corrected chi connectivity index (χ1v) is 5.94. The molecule has 0 spiro atoms. The van der Waals surface area contributed by atoms with Crippen molar-refractivity contribution in [1.82, 2.24) is 0 Å². The molecule has 1 aliphatic rings. The normalized spacial score (nSPS) is 17.8. The quantitative estimate of drug-likeness (QED) is 0.799. The van der Waals surface area contributed by atoms with E-state index in [2.05, 4.69) is 0 Å². The molecule has 1 atom stereocenters. The number of carbonyl (C=O) groups is 1. The van der Waals surface area contributed by atoms with Gasteiger partial charge in [-0.15, -0.1) is 0 Å². The maximum Gasteiger partial charge on any atom is 0.320 e. The van der Waals surface area contributed by atoms with E-state index >= 15 is 0 Å². The fourth-order valence-electron chi connectivity index (χ4n) is 1.87. The lowest BCUT2D eigenvalue weighted by atomic mass is 10.0. The maximum absolute atomic E-state index is 10.6. The van der Waals surface area contributed by atoms with Crippen molar-refractivity contribution in [1.29, 1.82) is 0 Å². The van der Waals surface area contributed by atoms with E-state index < -0.39 is 12.0 Å². The Morgan fingerprint density at radius 1 is 1.28 bits per heavy atom. The van der Waals surface area contributed by atoms with Crippen LogP contribution in [-0.2, 0) is 27.1 Å². The molecule has 1 fully saturated rings. The van der Waals surface area contributed by atoms with Crippen LogP contribution < -0.4 is 5.73 Å². The Balaban J connectivity index is 1.90. The highest BCUT2D eigenvalue weighted by molar-refractivity contribution is 5.73. The summed E-state index contributed by atoms with van der Waals surface area (Å²) < 4.78 is 10.7. The van der Waals surface area contributed by atoms with E-state index in [9.17, 15) is 4.79 Å². The molecule has 2 rings (SSSR count). The summed E-state index contributed by atoms with van der Waals surface area (Å²) in [5.41, 5.74) is 7.50. The molecule has 0 aliphatic carbocycles. The summed E-state index contributed by atoms with van der Waals surface area (Å²) in [6.07, 6.45) is 0.897. The van der Waals surface area contributed by atoms with Gasteiger partial charge in [0.25, 0.3) is 0 Å². The van der Waals surface area contributed by atoms with Crippen molar-refractivity contribution in [2.24, 2.45) is 5.73 Å². The van der Waals surface area contributed by atoms with Gasteiger partial charge in [0.2, 0.25) is 0 Å². The monoisotopic (exact) mass is 251 g/mol. The molecule has 0 radical (unpaired) electrons. The highest BCUT2D eigenvalue weighted by Gasteiger charge is 2.16. The van der Waals surface area contributed by atoms with Crippen molar-refractivity contribution in [2.45, 2.75) is 25.2 Å². The number of nitrogens with two attached hydrogens (primary N) is 1. The van der Waals surface area contributed by atoms with E-state index in [1.807, 2.05) is 24.3 Å². The van der Waals surface area contributed by atoms with Crippen molar-refractivity contribution in [3.63, 3.8) is 0 Å². The van der Waals surface area contributed by atoms with Gasteiger partial charge in [0, 0.05) is 6.42 Å². The van der Waals surface area contributed by atoms with Crippen molar-refractivity contribution in [3.8, 4) is 0 Å². The van der Waals surface area contributed by atoms with Crippen molar-refractivity contribution in [2.75, 3.05) is 13.2 Å². The number of rotatable bonds is 5. The predicted octanol–water partition coefficient (Wildman–Crippen LogP) is 0.556. The molecule has 0 amide bonds. The highest BCUT2D eigenvalue weighted by atomic mass is 16.7. The number of hydrogen-bond donors (Lipinski definition) is 2. The third-order valence-electron chi connectivity index (χ3n) is 2.89. The Labute approximate surface area is 106 Å². The van der Waals surface area contributed by atoms with Crippen LogP contribution in [-0.4, -0.2) is 36.6 Å². The zero-order valence-corrected chi connectivity index (χ0v) is 10.0. The van der Waals surface area contributed by atoms with Gasteiger partial charge in [0.1, 0.15) is 6.04 Å². The van der Waals surface area contributed by atoms with Crippen LogP contribution in [0.15, 0.2) is 24.3 Å². The Morgan fingerprint density at radius 2 is 1.83 bits per heavy atom. The average Bonchev–Trinajstić information content (AvgIpc) is 2.84. The molecule has 1 aliphatic heterocycles. The molecule has 0 aromatic heterocycles. The molecule has 1 saturated heterocycles. The summed E-state index contributed by atoms with van der Waals surface area (Å²) in [7, 11) is 0. The van der Waals surface area contributed by atoms with Crippen molar-refractivity contribution >= 4 is 5.97 Å². The molecule has 3 N–H and O–H groups in total. The molecular formula is C13H17NO4. The predicted molar refractivity (Wildman–Crippen MR) is 65.2 cm³/mol. The number of aliphatic carboxylic acids is 1. The van der Waals surface area contributed by atoms with E-state index in [4.69, 9.17) is 20.3 Å². The minimum atomic E-state index is -0.980. The fourth-order valence-corrected chi connectivity index (χ4v) is 1.87. The molecule has 0 bridgehead atoms. The Bertz CT molecular complexity index is 398. The zero-order chi connectivity index (χ0) is 13.0. The lowest BCUT2D eigenvalue weighted by molar-refractivity contribution is -0.138. The van der Waals surface area contributed by atoms with Crippen molar-refractivity contribution < 1.29 is 19.4 Å². The number of carboxylic acids is 1. The van der Waals surface area contributed by atoms with E-state index in [1.165, 1.54) is 0 Å². The van der Waals surface area contributed by atoms with Gasteiger partial charge < -0.3 is 20.3 Å². The standard InChI is InChI=1S/C13H17NO4/c14-11(13(15)16)7-9-1-3-10(4-2-9)8-12-17-5-6-18-12/h1-4,11-12H,5-8,14H2,(H,15,16)/t11-/m0/s1. The molecular weight excluding hydrogens is 234 g/mol. The Kier molecular flexibility index (Phi) is 4.30. The van der Waals surface area contributed by atoms with Crippen LogP contribution in [0.5, 0.6) is 0 Å². The highest BCUT2D eigenvalue weighted by Crippen LogP contribution is 2.13. The second kappa shape index (κ2) is 5.95. The average molecular weight is 251 g/mol. The van der Waals surface area contributed by atoms with Crippen LogP contribution in [0.2, 0.25) is 0 Å². The summed E-state index contributed by atoms with van der Waals surface area (Å²) in [5.74, 6) is -0.980. The van der Waals surface area contributed by atoms with E-state index in [0.717, 1.165) is 11.1 Å². The first-order chi connectivity index (χ1) is 8.65. The van der Waals surface area contributed by atoms with Gasteiger partial charge in [0.05, 0.1) is 13.2 Å². The third kappa shape index (κ3) is 3.53. The van der Waals surface area contributed by atoms with Crippen LogP contribution in [0.4, 0.5) is 0 Å². The minimum Gasteiger partial charge on any atom is -0.480 e. The molecule has 5 heteroatoms. The van der Waals surface area contributed by atoms with Gasteiger partial charge >= 0.3 is 5.97 Å². The Morgan fingerprint density at radius 3 is 2.39 bits per heavy atom. The molecule has 18 heavy (non-hydrogen) atoms. The van der Waals surface area contributed by atoms with Gasteiger partial charge in [-0.3, -0.25) is 4.79 Å². The minimum absolute atomic E-state index is 0.155.